The summed E-state index contributed by atoms with van der Waals surface area (Å²) in [4.78, 5) is 45.0. The van der Waals surface area contributed by atoms with E-state index in [0.29, 0.717) is 38.0 Å². The average Bonchev–Trinajstić information content (AvgIpc) is 3.55. The lowest BCUT2D eigenvalue weighted by Gasteiger charge is -2.40. The van der Waals surface area contributed by atoms with Gasteiger partial charge in [-0.2, -0.15) is 0 Å². The lowest BCUT2D eigenvalue weighted by atomic mass is 9.89. The summed E-state index contributed by atoms with van der Waals surface area (Å²) in [5.41, 5.74) is 17.6. The number of hydrogen-bond acceptors (Lipinski definition) is 7. The summed E-state index contributed by atoms with van der Waals surface area (Å²) in [5, 5.41) is 3.37. The predicted molar refractivity (Wildman–Crippen MR) is 158 cm³/mol. The van der Waals surface area contributed by atoms with Crippen LogP contribution in [0.25, 0.3) is 0 Å². The number of rotatable bonds is 12. The van der Waals surface area contributed by atoms with Crippen LogP contribution in [0.1, 0.15) is 44.1 Å². The molecular weight excluding hydrogens is 541 g/mol. The molecule has 3 aliphatic rings. The summed E-state index contributed by atoms with van der Waals surface area (Å²) in [5.74, 6) is 2.02. The molecule has 3 saturated heterocycles. The van der Waals surface area contributed by atoms with Gasteiger partial charge >= 0.3 is 0 Å². The Balaban J connectivity index is 1.48. The number of amides is 3. The summed E-state index contributed by atoms with van der Waals surface area (Å²) >= 11 is 5.27. The minimum absolute atomic E-state index is 0.0429. The molecule has 0 bridgehead atoms. The summed E-state index contributed by atoms with van der Waals surface area (Å²) < 4.78 is -0.352. The van der Waals surface area contributed by atoms with E-state index in [1.807, 2.05) is 23.1 Å². The third-order valence-corrected chi connectivity index (χ3v) is 12.5. The number of nitrogens with two attached hydrogens (primary N) is 3. The van der Waals surface area contributed by atoms with Crippen LogP contribution in [0, 0.1) is 5.92 Å². The Labute approximate surface area is 237 Å². The van der Waals surface area contributed by atoms with Crippen molar-refractivity contribution in [3.05, 3.63) is 35.9 Å². The zero-order valence-corrected chi connectivity index (χ0v) is 24.0. The number of nitrogens with one attached hydrogen (secondary N) is 1. The van der Waals surface area contributed by atoms with E-state index in [4.69, 9.17) is 17.2 Å². The van der Waals surface area contributed by atoms with Crippen molar-refractivity contribution in [2.45, 2.75) is 66.5 Å². The highest BCUT2D eigenvalue weighted by Crippen LogP contribution is 2.51. The van der Waals surface area contributed by atoms with Gasteiger partial charge in [0.2, 0.25) is 17.7 Å². The largest absolute Gasteiger partial charge is 0.370 e. The van der Waals surface area contributed by atoms with Gasteiger partial charge in [0, 0.05) is 36.1 Å². The van der Waals surface area contributed by atoms with Gasteiger partial charge in [-0.05, 0) is 44.1 Å². The van der Waals surface area contributed by atoms with Gasteiger partial charge in [0.05, 0.1) is 15.5 Å². The van der Waals surface area contributed by atoms with Gasteiger partial charge in [-0.15, -0.1) is 35.3 Å². The number of primary amides is 1. The van der Waals surface area contributed by atoms with Crippen LogP contribution in [0.4, 0.5) is 0 Å². The molecule has 3 heterocycles. The lowest BCUT2D eigenvalue weighted by Crippen LogP contribution is -2.57. The second kappa shape index (κ2) is 13.3. The van der Waals surface area contributed by atoms with Crippen LogP contribution in [-0.2, 0) is 20.8 Å². The number of guanidine groups is 1. The molecule has 1 aromatic carbocycles. The zero-order chi connectivity index (χ0) is 27.1. The normalized spacial score (nSPS) is 25.0. The van der Waals surface area contributed by atoms with Crippen LogP contribution in [-0.4, -0.2) is 73.9 Å². The molecule has 7 N–H and O–H groups in total. The van der Waals surface area contributed by atoms with Gasteiger partial charge in [-0.3, -0.25) is 19.4 Å². The molecule has 0 radical (unpaired) electrons. The Kier molecular flexibility index (Phi) is 10.2. The first-order chi connectivity index (χ1) is 18.3. The number of piperidine rings is 1. The molecule has 3 aliphatic heterocycles. The van der Waals surface area contributed by atoms with Gasteiger partial charge in [-0.1, -0.05) is 30.3 Å². The minimum atomic E-state index is -0.499. The molecule has 38 heavy (non-hydrogen) atoms. The number of aliphatic imine (C=N–C) groups is 1. The van der Waals surface area contributed by atoms with Crippen LogP contribution in [0.3, 0.4) is 0 Å². The van der Waals surface area contributed by atoms with Crippen molar-refractivity contribution >= 4 is 59.0 Å². The standard InChI is InChI=1S/C26H38N6O3S3/c27-21(33)10-11-26(37-13-14-38-26)20(7-4-12-30-25(28)29)31-23(34)19-16-36-22-9-8-18(24(35)32(19)22)15-17-5-2-1-3-6-17/h1-3,5-6,18-20,22H,4,7-16H2,(H2,27,33)(H,31,34)(H4,28,29,30)/t18-,19-,20?,22?/m0/s1. The molecular formula is C26H38N6O3S3. The van der Waals surface area contributed by atoms with Gasteiger partial charge in [-0.25, -0.2) is 0 Å². The highest BCUT2D eigenvalue weighted by Gasteiger charge is 2.49. The van der Waals surface area contributed by atoms with E-state index in [-0.39, 0.29) is 51.5 Å². The van der Waals surface area contributed by atoms with Crippen molar-refractivity contribution < 1.29 is 14.4 Å². The van der Waals surface area contributed by atoms with Crippen molar-refractivity contribution in [2.75, 3.05) is 23.8 Å². The fourth-order valence-corrected chi connectivity index (χ4v) is 10.4. The Morgan fingerprint density at radius 3 is 2.55 bits per heavy atom. The smallest absolute Gasteiger partial charge is 0.244 e. The summed E-state index contributed by atoms with van der Waals surface area (Å²) in [6, 6.07) is 9.37. The molecule has 3 amide bonds. The number of hydrogen-bond donors (Lipinski definition) is 4. The fraction of sp³-hybridized carbons (Fsp3) is 0.615. The van der Waals surface area contributed by atoms with E-state index >= 15 is 0 Å². The van der Waals surface area contributed by atoms with Crippen LogP contribution in [0.2, 0.25) is 0 Å². The van der Waals surface area contributed by atoms with Crippen LogP contribution in [0.15, 0.2) is 35.3 Å². The third-order valence-electron chi connectivity index (χ3n) is 7.37. The number of carbonyl (C=O) groups excluding carboxylic acids is 3. The first kappa shape index (κ1) is 28.9. The molecule has 4 atom stereocenters. The molecule has 0 saturated carbocycles. The van der Waals surface area contributed by atoms with E-state index in [1.165, 1.54) is 0 Å². The lowest BCUT2D eigenvalue weighted by molar-refractivity contribution is -0.146. The molecule has 2 unspecified atom stereocenters. The third kappa shape index (κ3) is 7.12. The molecule has 12 heteroatoms. The van der Waals surface area contributed by atoms with E-state index in [1.54, 1.807) is 35.3 Å². The topological polar surface area (TPSA) is 157 Å². The second-order valence-electron chi connectivity index (χ2n) is 10.00. The molecule has 3 fully saturated rings. The monoisotopic (exact) mass is 578 g/mol. The first-order valence-corrected chi connectivity index (χ1v) is 16.2. The van der Waals surface area contributed by atoms with Crippen LogP contribution in [0.5, 0.6) is 0 Å². The van der Waals surface area contributed by atoms with Crippen molar-refractivity contribution in [1.29, 1.82) is 0 Å². The average molecular weight is 579 g/mol. The van der Waals surface area contributed by atoms with E-state index in [0.717, 1.165) is 29.9 Å². The summed E-state index contributed by atoms with van der Waals surface area (Å²) in [6.07, 6.45) is 4.61. The molecule has 0 aromatic heterocycles. The summed E-state index contributed by atoms with van der Waals surface area (Å²) in [7, 11) is 0. The number of carbonyl (C=O) groups is 3. The molecule has 4 rings (SSSR count). The maximum absolute atomic E-state index is 13.8. The van der Waals surface area contributed by atoms with Gasteiger partial charge in [0.25, 0.3) is 0 Å². The van der Waals surface area contributed by atoms with E-state index < -0.39 is 6.04 Å². The van der Waals surface area contributed by atoms with Crippen molar-refractivity contribution in [2.24, 2.45) is 28.1 Å². The summed E-state index contributed by atoms with van der Waals surface area (Å²) in [6.45, 7) is 0.461. The van der Waals surface area contributed by atoms with Crippen molar-refractivity contribution in [3.63, 3.8) is 0 Å². The molecule has 0 spiro atoms. The SMILES string of the molecule is NC(=O)CCC1(C(CCCN=C(N)N)NC(=O)[C@@H]2CSC3CC[C@@H](Cc4ccccc4)C(=O)N32)SCCS1. The maximum Gasteiger partial charge on any atom is 0.244 e. The first-order valence-electron chi connectivity index (χ1n) is 13.2. The van der Waals surface area contributed by atoms with Crippen molar-refractivity contribution in [3.8, 4) is 0 Å². The molecule has 0 aliphatic carbocycles. The number of benzene rings is 1. The predicted octanol–water partition coefficient (Wildman–Crippen LogP) is 1.89. The highest BCUT2D eigenvalue weighted by atomic mass is 32.2. The van der Waals surface area contributed by atoms with Gasteiger partial charge < -0.3 is 27.4 Å². The van der Waals surface area contributed by atoms with E-state index in [9.17, 15) is 14.4 Å². The molecule has 1 aromatic rings. The Morgan fingerprint density at radius 1 is 1.13 bits per heavy atom. The quantitative estimate of drug-likeness (QED) is 0.166. The van der Waals surface area contributed by atoms with E-state index in [2.05, 4.69) is 22.4 Å². The van der Waals surface area contributed by atoms with Gasteiger partial charge in [0.1, 0.15) is 6.04 Å². The van der Waals surface area contributed by atoms with Crippen molar-refractivity contribution in [1.82, 2.24) is 10.2 Å². The Bertz CT molecular complexity index is 1020. The van der Waals surface area contributed by atoms with Crippen LogP contribution >= 0.6 is 35.3 Å². The minimum Gasteiger partial charge on any atom is -0.370 e. The van der Waals surface area contributed by atoms with Gasteiger partial charge in [0.15, 0.2) is 5.96 Å². The number of nitrogens with zero attached hydrogens (tertiary/aromatic N) is 2. The van der Waals surface area contributed by atoms with Crippen LogP contribution < -0.4 is 22.5 Å². The number of fused-ring (bicyclic) bond motifs is 1. The Morgan fingerprint density at radius 2 is 1.87 bits per heavy atom. The number of thioether (sulfide) groups is 3. The second-order valence-corrected chi connectivity index (χ2v) is 14.3. The maximum atomic E-state index is 13.8. The fourth-order valence-electron chi connectivity index (χ4n) is 5.51. The zero-order valence-electron chi connectivity index (χ0n) is 21.6. The molecule has 9 nitrogen and oxygen atoms in total. The Hall–Kier alpha value is -2.05. The highest BCUT2D eigenvalue weighted by molar-refractivity contribution is 8.21. The molecule has 208 valence electrons.